The Bertz CT molecular complexity index is 1070. The lowest BCUT2D eigenvalue weighted by Crippen LogP contribution is -2.35. The second-order valence-electron chi connectivity index (χ2n) is 6.74. The number of sulfone groups is 1. The van der Waals surface area contributed by atoms with E-state index in [0.29, 0.717) is 12.2 Å². The molecule has 3 rings (SSSR count). The van der Waals surface area contributed by atoms with E-state index in [4.69, 9.17) is 4.42 Å². The zero-order valence-electron chi connectivity index (χ0n) is 15.5. The lowest BCUT2D eigenvalue weighted by atomic mass is 10.4. The molecule has 1 aromatic carbocycles. The minimum Gasteiger partial charge on any atom is -0.468 e. The fraction of sp³-hybridized carbons (Fsp3) is 0.389. The number of nitrogens with zero attached hydrogens (tertiary/aromatic N) is 1. The van der Waals surface area contributed by atoms with Crippen LogP contribution in [0.25, 0.3) is 0 Å². The molecule has 1 aliphatic rings. The molecule has 0 spiro atoms. The largest absolute Gasteiger partial charge is 0.468 e. The lowest BCUT2D eigenvalue weighted by Gasteiger charge is -2.17. The van der Waals surface area contributed by atoms with Crippen molar-refractivity contribution >= 4 is 25.8 Å². The Morgan fingerprint density at radius 1 is 1.21 bits per heavy atom. The molecule has 1 atom stereocenters. The van der Waals surface area contributed by atoms with Crippen LogP contribution in [0.2, 0.25) is 0 Å². The van der Waals surface area contributed by atoms with E-state index in [9.17, 15) is 26.0 Å². The number of benzene rings is 1. The van der Waals surface area contributed by atoms with Crippen LogP contribution in [0.5, 0.6) is 0 Å². The van der Waals surface area contributed by atoms with Gasteiger partial charge in [0.1, 0.15) is 17.3 Å². The molecule has 2 heterocycles. The van der Waals surface area contributed by atoms with Crippen LogP contribution in [0.15, 0.2) is 52.0 Å². The van der Waals surface area contributed by atoms with Gasteiger partial charge in [-0.1, -0.05) is 6.07 Å². The van der Waals surface area contributed by atoms with Crippen molar-refractivity contribution < 1.29 is 30.4 Å². The molecule has 1 saturated heterocycles. The summed E-state index contributed by atoms with van der Waals surface area (Å²) in [5, 5.41) is -0.680. The summed E-state index contributed by atoms with van der Waals surface area (Å²) in [6.07, 6.45) is 1.60. The van der Waals surface area contributed by atoms with Crippen molar-refractivity contribution in [1.29, 1.82) is 0 Å². The molecule has 0 aliphatic carbocycles. The number of furan rings is 1. The van der Waals surface area contributed by atoms with Crippen LogP contribution in [0.1, 0.15) is 18.6 Å². The smallest absolute Gasteiger partial charge is 0.240 e. The van der Waals surface area contributed by atoms with Gasteiger partial charge in [-0.05, 0) is 36.8 Å². The molecule has 0 radical (unpaired) electrons. The number of amides is 1. The summed E-state index contributed by atoms with van der Waals surface area (Å²) in [7, 11) is -7.40. The Balaban J connectivity index is 1.50. The topological polar surface area (TPSA) is 114 Å². The van der Waals surface area contributed by atoms with Crippen molar-refractivity contribution in [2.45, 2.75) is 28.7 Å². The number of hydrogen-bond donors (Lipinski definition) is 1. The van der Waals surface area contributed by atoms with Crippen LogP contribution < -0.4 is 4.72 Å². The SMILES string of the molecule is O=C(CCNS(=O)(=O)c1cccc(F)c1)N1CC[C@@H](S(=O)(=O)Cc2ccco2)C1. The Morgan fingerprint density at radius 3 is 2.69 bits per heavy atom. The Labute approximate surface area is 168 Å². The van der Waals surface area contributed by atoms with E-state index in [1.807, 2.05) is 0 Å². The van der Waals surface area contributed by atoms with Gasteiger partial charge in [0.2, 0.25) is 15.9 Å². The summed E-state index contributed by atoms with van der Waals surface area (Å²) in [4.78, 5) is 13.5. The minimum absolute atomic E-state index is 0.0680. The quantitative estimate of drug-likeness (QED) is 0.657. The van der Waals surface area contributed by atoms with Crippen LogP contribution in [0.4, 0.5) is 4.39 Å². The second-order valence-corrected chi connectivity index (χ2v) is 10.8. The third kappa shape index (κ3) is 5.43. The third-order valence-electron chi connectivity index (χ3n) is 4.67. The third-order valence-corrected chi connectivity index (χ3v) is 8.21. The second kappa shape index (κ2) is 8.64. The molecule has 0 bridgehead atoms. The molecule has 2 aromatic rings. The first kappa shape index (κ1) is 21.5. The molecule has 0 unspecified atom stereocenters. The summed E-state index contributed by atoms with van der Waals surface area (Å²) in [5.41, 5.74) is 0. The maximum Gasteiger partial charge on any atom is 0.240 e. The summed E-state index contributed by atoms with van der Waals surface area (Å²) in [6.45, 7) is 0.189. The number of rotatable bonds is 8. The number of carbonyl (C=O) groups is 1. The van der Waals surface area contributed by atoms with Gasteiger partial charge in [0, 0.05) is 26.1 Å². The molecular weight excluding hydrogens is 423 g/mol. The Morgan fingerprint density at radius 2 is 2.00 bits per heavy atom. The van der Waals surface area contributed by atoms with E-state index >= 15 is 0 Å². The first-order chi connectivity index (χ1) is 13.7. The number of halogens is 1. The molecule has 1 fully saturated rings. The van der Waals surface area contributed by atoms with Gasteiger partial charge in [-0.25, -0.2) is 25.9 Å². The van der Waals surface area contributed by atoms with Gasteiger partial charge in [0.25, 0.3) is 0 Å². The number of likely N-dealkylation sites (tertiary alicyclic amines) is 1. The number of nitrogens with one attached hydrogen (secondary N) is 1. The van der Waals surface area contributed by atoms with Crippen molar-refractivity contribution in [3.05, 3.63) is 54.2 Å². The molecule has 8 nitrogen and oxygen atoms in total. The van der Waals surface area contributed by atoms with Gasteiger partial charge >= 0.3 is 0 Å². The van der Waals surface area contributed by atoms with Gasteiger partial charge in [-0.15, -0.1) is 0 Å². The molecule has 1 aliphatic heterocycles. The zero-order chi connectivity index (χ0) is 21.1. The fourth-order valence-corrected chi connectivity index (χ4v) is 5.86. The first-order valence-electron chi connectivity index (χ1n) is 8.94. The predicted octanol–water partition coefficient (Wildman–Crippen LogP) is 1.30. The molecule has 1 N–H and O–H groups in total. The Hall–Kier alpha value is -2.24. The summed E-state index contributed by atoms with van der Waals surface area (Å²) >= 11 is 0. The molecule has 1 aromatic heterocycles. The Kier molecular flexibility index (Phi) is 6.39. The number of carbonyl (C=O) groups excluding carboxylic acids is 1. The highest BCUT2D eigenvalue weighted by atomic mass is 32.2. The highest BCUT2D eigenvalue weighted by molar-refractivity contribution is 7.91. The molecule has 158 valence electrons. The van der Waals surface area contributed by atoms with Crippen molar-refractivity contribution in [3.8, 4) is 0 Å². The molecule has 1 amide bonds. The maximum atomic E-state index is 13.2. The van der Waals surface area contributed by atoms with E-state index in [-0.39, 0.29) is 42.6 Å². The number of sulfonamides is 1. The van der Waals surface area contributed by atoms with Crippen LogP contribution in [-0.2, 0) is 30.4 Å². The van der Waals surface area contributed by atoms with Gasteiger partial charge < -0.3 is 9.32 Å². The van der Waals surface area contributed by atoms with Crippen LogP contribution in [0, 0.1) is 5.82 Å². The van der Waals surface area contributed by atoms with Crippen LogP contribution in [-0.4, -0.2) is 52.5 Å². The summed E-state index contributed by atoms with van der Waals surface area (Å²) in [6, 6.07) is 7.75. The maximum absolute atomic E-state index is 13.2. The minimum atomic E-state index is -3.93. The average molecular weight is 445 g/mol. The molecule has 29 heavy (non-hydrogen) atoms. The van der Waals surface area contributed by atoms with E-state index in [1.54, 1.807) is 12.1 Å². The highest BCUT2D eigenvalue weighted by Crippen LogP contribution is 2.21. The highest BCUT2D eigenvalue weighted by Gasteiger charge is 2.35. The van der Waals surface area contributed by atoms with Gasteiger partial charge in [-0.3, -0.25) is 4.79 Å². The van der Waals surface area contributed by atoms with E-state index < -0.39 is 30.9 Å². The van der Waals surface area contributed by atoms with Crippen molar-refractivity contribution in [1.82, 2.24) is 9.62 Å². The molecule has 0 saturated carbocycles. The van der Waals surface area contributed by atoms with Crippen molar-refractivity contribution in [2.24, 2.45) is 0 Å². The lowest BCUT2D eigenvalue weighted by molar-refractivity contribution is -0.129. The van der Waals surface area contributed by atoms with Gasteiger partial charge in [0.15, 0.2) is 9.84 Å². The van der Waals surface area contributed by atoms with E-state index in [2.05, 4.69) is 4.72 Å². The number of hydrogen-bond acceptors (Lipinski definition) is 6. The molecular formula is C18H21FN2O6S2. The van der Waals surface area contributed by atoms with Gasteiger partial charge in [-0.2, -0.15) is 0 Å². The van der Waals surface area contributed by atoms with Crippen LogP contribution in [0.3, 0.4) is 0 Å². The standard InChI is InChI=1S/C18H21FN2O6S2/c19-14-3-1-5-16(11-14)29(25,26)20-8-6-18(22)21-9-7-17(12-21)28(23,24)13-15-4-2-10-27-15/h1-5,10-11,17,20H,6-9,12-13H2/t17-/m1/s1. The van der Waals surface area contributed by atoms with E-state index in [0.717, 1.165) is 12.1 Å². The first-order valence-corrected chi connectivity index (χ1v) is 12.1. The average Bonchev–Trinajstić information content (AvgIpc) is 3.33. The summed E-state index contributed by atoms with van der Waals surface area (Å²) < 4.78 is 69.8. The summed E-state index contributed by atoms with van der Waals surface area (Å²) in [5.74, 6) is -0.896. The molecule has 11 heteroatoms. The van der Waals surface area contributed by atoms with Crippen molar-refractivity contribution in [2.75, 3.05) is 19.6 Å². The van der Waals surface area contributed by atoms with E-state index in [1.165, 1.54) is 23.3 Å². The normalized spacial score (nSPS) is 17.6. The van der Waals surface area contributed by atoms with Crippen molar-refractivity contribution in [3.63, 3.8) is 0 Å². The van der Waals surface area contributed by atoms with Crippen LogP contribution >= 0.6 is 0 Å². The fourth-order valence-electron chi connectivity index (χ4n) is 3.13. The monoisotopic (exact) mass is 444 g/mol. The zero-order valence-corrected chi connectivity index (χ0v) is 17.1. The van der Waals surface area contributed by atoms with Gasteiger partial charge in [0.05, 0.1) is 16.4 Å². The predicted molar refractivity (Wildman–Crippen MR) is 103 cm³/mol.